The van der Waals surface area contributed by atoms with Crippen molar-refractivity contribution in [2.45, 2.75) is 13.5 Å². The van der Waals surface area contributed by atoms with Gasteiger partial charge in [0.2, 0.25) is 0 Å². The largest absolute Gasteiger partial charge is 0.344 e. The molecular weight excluding hydrogens is 323 g/mol. The van der Waals surface area contributed by atoms with Crippen LogP contribution in [0.25, 0.3) is 0 Å². The number of carbonyl (C=O) groups is 2. The van der Waals surface area contributed by atoms with E-state index in [1.165, 1.54) is 18.2 Å². The number of rotatable bonds is 3. The molecule has 22 heavy (non-hydrogen) atoms. The van der Waals surface area contributed by atoms with Crippen molar-refractivity contribution >= 4 is 40.7 Å². The van der Waals surface area contributed by atoms with Crippen LogP contribution in [-0.4, -0.2) is 11.8 Å². The van der Waals surface area contributed by atoms with Crippen LogP contribution in [0.1, 0.15) is 11.1 Å². The lowest BCUT2D eigenvalue weighted by Crippen LogP contribution is -2.34. The van der Waals surface area contributed by atoms with Crippen LogP contribution in [0.4, 0.5) is 5.69 Å². The second-order valence-corrected chi connectivity index (χ2v) is 5.65. The first-order chi connectivity index (χ1) is 10.4. The summed E-state index contributed by atoms with van der Waals surface area (Å²) in [6, 6.07) is 12.2. The minimum atomic E-state index is -0.773. The van der Waals surface area contributed by atoms with Gasteiger partial charge in [0.05, 0.1) is 0 Å². The maximum Gasteiger partial charge on any atom is 0.313 e. The van der Waals surface area contributed by atoms with Gasteiger partial charge in [-0.25, -0.2) is 0 Å². The molecule has 0 heterocycles. The minimum Gasteiger partial charge on any atom is -0.344 e. The topological polar surface area (TPSA) is 58.2 Å². The Kier molecular flexibility index (Phi) is 5.41. The number of hydrogen-bond acceptors (Lipinski definition) is 2. The van der Waals surface area contributed by atoms with E-state index >= 15 is 0 Å². The van der Waals surface area contributed by atoms with Crippen molar-refractivity contribution in [2.24, 2.45) is 0 Å². The van der Waals surface area contributed by atoms with Gasteiger partial charge in [-0.2, -0.15) is 0 Å². The fraction of sp³-hybridized carbons (Fsp3) is 0.125. The molecule has 0 aliphatic rings. The highest BCUT2D eigenvalue weighted by molar-refractivity contribution is 6.40. The summed E-state index contributed by atoms with van der Waals surface area (Å²) in [7, 11) is 0. The Hall–Kier alpha value is -2.04. The highest BCUT2D eigenvalue weighted by atomic mass is 35.5. The van der Waals surface area contributed by atoms with Crippen LogP contribution in [0.3, 0.4) is 0 Å². The van der Waals surface area contributed by atoms with Gasteiger partial charge in [-0.15, -0.1) is 0 Å². The first-order valence-electron chi connectivity index (χ1n) is 6.55. The van der Waals surface area contributed by atoms with E-state index < -0.39 is 11.8 Å². The summed E-state index contributed by atoms with van der Waals surface area (Å²) in [4.78, 5) is 23.6. The predicted octanol–water partition coefficient (Wildman–Crippen LogP) is 3.56. The Bertz CT molecular complexity index is 680. The molecule has 0 atom stereocenters. The SMILES string of the molecule is Cc1ccc(CNC(=O)C(=O)Nc2cc(Cl)cc(Cl)c2)cc1. The third kappa shape index (κ3) is 4.76. The molecule has 114 valence electrons. The second kappa shape index (κ2) is 7.29. The summed E-state index contributed by atoms with van der Waals surface area (Å²) in [6.07, 6.45) is 0. The Morgan fingerprint density at radius 2 is 1.55 bits per heavy atom. The maximum absolute atomic E-state index is 11.8. The van der Waals surface area contributed by atoms with E-state index in [1.807, 2.05) is 31.2 Å². The molecule has 0 radical (unpaired) electrons. The third-order valence-electron chi connectivity index (χ3n) is 2.90. The van der Waals surface area contributed by atoms with E-state index in [2.05, 4.69) is 10.6 Å². The quantitative estimate of drug-likeness (QED) is 0.842. The summed E-state index contributed by atoms with van der Waals surface area (Å²) in [6.45, 7) is 2.26. The van der Waals surface area contributed by atoms with E-state index in [4.69, 9.17) is 23.2 Å². The minimum absolute atomic E-state index is 0.281. The summed E-state index contributed by atoms with van der Waals surface area (Å²) < 4.78 is 0. The molecule has 2 aromatic carbocycles. The number of aryl methyl sites for hydroxylation is 1. The van der Waals surface area contributed by atoms with Crippen LogP contribution in [0.2, 0.25) is 10.0 Å². The highest BCUT2D eigenvalue weighted by Gasteiger charge is 2.13. The zero-order valence-corrected chi connectivity index (χ0v) is 13.3. The summed E-state index contributed by atoms with van der Waals surface area (Å²) in [5.41, 5.74) is 2.41. The molecular formula is C16H14Cl2N2O2. The molecule has 4 nitrogen and oxygen atoms in total. The van der Waals surface area contributed by atoms with Gasteiger partial charge in [-0.05, 0) is 30.7 Å². The van der Waals surface area contributed by atoms with Crippen molar-refractivity contribution in [3.63, 3.8) is 0 Å². The van der Waals surface area contributed by atoms with Crippen molar-refractivity contribution in [3.05, 3.63) is 63.6 Å². The van der Waals surface area contributed by atoms with Crippen LogP contribution in [-0.2, 0) is 16.1 Å². The van der Waals surface area contributed by atoms with Gasteiger partial charge in [-0.1, -0.05) is 53.0 Å². The second-order valence-electron chi connectivity index (χ2n) is 4.78. The van der Waals surface area contributed by atoms with Crippen molar-refractivity contribution in [1.82, 2.24) is 5.32 Å². The van der Waals surface area contributed by atoms with Crippen molar-refractivity contribution in [2.75, 3.05) is 5.32 Å². The number of halogens is 2. The number of hydrogen-bond donors (Lipinski definition) is 2. The molecule has 6 heteroatoms. The monoisotopic (exact) mass is 336 g/mol. The van der Waals surface area contributed by atoms with Gasteiger partial charge < -0.3 is 10.6 Å². The van der Waals surface area contributed by atoms with Gasteiger partial charge in [-0.3, -0.25) is 9.59 Å². The molecule has 0 spiro atoms. The number of nitrogens with one attached hydrogen (secondary N) is 2. The Morgan fingerprint density at radius 1 is 0.955 bits per heavy atom. The van der Waals surface area contributed by atoms with Gasteiger partial charge in [0, 0.05) is 22.3 Å². The molecule has 0 saturated carbocycles. The molecule has 2 N–H and O–H groups in total. The average molecular weight is 337 g/mol. The van der Waals surface area contributed by atoms with Crippen molar-refractivity contribution < 1.29 is 9.59 Å². The van der Waals surface area contributed by atoms with Crippen molar-refractivity contribution in [1.29, 1.82) is 0 Å². The molecule has 2 aromatic rings. The fourth-order valence-electron chi connectivity index (χ4n) is 1.78. The normalized spacial score (nSPS) is 10.1. The zero-order valence-electron chi connectivity index (χ0n) is 11.8. The van der Waals surface area contributed by atoms with E-state index in [9.17, 15) is 9.59 Å². The standard InChI is InChI=1S/C16H14Cl2N2O2/c1-10-2-4-11(5-3-10)9-19-15(21)16(22)20-14-7-12(17)6-13(18)8-14/h2-8H,9H2,1H3,(H,19,21)(H,20,22). The van der Waals surface area contributed by atoms with Crippen LogP contribution in [0, 0.1) is 6.92 Å². The summed E-state index contributed by atoms with van der Waals surface area (Å²) in [5.74, 6) is -1.50. The molecule has 0 aromatic heterocycles. The number of benzene rings is 2. The van der Waals surface area contributed by atoms with E-state index in [-0.39, 0.29) is 6.54 Å². The van der Waals surface area contributed by atoms with Crippen LogP contribution in [0.15, 0.2) is 42.5 Å². The van der Waals surface area contributed by atoms with Crippen LogP contribution < -0.4 is 10.6 Å². The molecule has 0 aliphatic carbocycles. The van der Waals surface area contributed by atoms with E-state index in [0.717, 1.165) is 11.1 Å². The third-order valence-corrected chi connectivity index (χ3v) is 3.34. The van der Waals surface area contributed by atoms with E-state index in [1.54, 1.807) is 0 Å². The zero-order chi connectivity index (χ0) is 16.1. The molecule has 2 rings (SSSR count). The summed E-state index contributed by atoms with van der Waals surface area (Å²) >= 11 is 11.7. The van der Waals surface area contributed by atoms with Crippen molar-refractivity contribution in [3.8, 4) is 0 Å². The lowest BCUT2D eigenvalue weighted by atomic mass is 10.1. The lowest BCUT2D eigenvalue weighted by Gasteiger charge is -2.07. The van der Waals surface area contributed by atoms with Crippen LogP contribution >= 0.6 is 23.2 Å². The average Bonchev–Trinajstić information content (AvgIpc) is 2.45. The van der Waals surface area contributed by atoms with E-state index in [0.29, 0.717) is 15.7 Å². The van der Waals surface area contributed by atoms with Gasteiger partial charge >= 0.3 is 11.8 Å². The molecule has 0 fully saturated rings. The number of carbonyl (C=O) groups excluding carboxylic acids is 2. The molecule has 2 amide bonds. The molecule has 0 bridgehead atoms. The summed E-state index contributed by atoms with van der Waals surface area (Å²) in [5, 5.41) is 5.75. The highest BCUT2D eigenvalue weighted by Crippen LogP contribution is 2.22. The van der Waals surface area contributed by atoms with Crippen LogP contribution in [0.5, 0.6) is 0 Å². The maximum atomic E-state index is 11.8. The van der Waals surface area contributed by atoms with Gasteiger partial charge in [0.15, 0.2) is 0 Å². The molecule has 0 aliphatic heterocycles. The smallest absolute Gasteiger partial charge is 0.313 e. The predicted molar refractivity (Wildman–Crippen MR) is 88.1 cm³/mol. The number of anilines is 1. The Labute approximate surface area is 138 Å². The lowest BCUT2D eigenvalue weighted by molar-refractivity contribution is -0.136. The Balaban J connectivity index is 1.91. The number of amides is 2. The first-order valence-corrected chi connectivity index (χ1v) is 7.30. The first kappa shape index (κ1) is 16.3. The molecule has 0 saturated heterocycles. The van der Waals surface area contributed by atoms with Gasteiger partial charge in [0.25, 0.3) is 0 Å². The molecule has 0 unspecified atom stereocenters. The fourth-order valence-corrected chi connectivity index (χ4v) is 2.31. The Morgan fingerprint density at radius 3 is 2.14 bits per heavy atom. The van der Waals surface area contributed by atoms with Gasteiger partial charge in [0.1, 0.15) is 0 Å².